The van der Waals surface area contributed by atoms with Gasteiger partial charge in [0, 0.05) is 5.71 Å². The lowest BCUT2D eigenvalue weighted by atomic mass is 10.1. The summed E-state index contributed by atoms with van der Waals surface area (Å²) in [5, 5.41) is 18.8. The molecule has 0 aliphatic carbocycles. The van der Waals surface area contributed by atoms with Crippen molar-refractivity contribution in [1.29, 1.82) is 0 Å². The molecule has 0 aliphatic rings. The molecule has 0 saturated heterocycles. The maximum atomic E-state index is 12.3. The third-order valence-corrected chi connectivity index (χ3v) is 4.35. The van der Waals surface area contributed by atoms with Crippen molar-refractivity contribution >= 4 is 45.6 Å². The molecule has 0 bridgehead atoms. The molecule has 0 aliphatic heterocycles. The molecule has 3 aromatic carbocycles. The fourth-order valence-corrected chi connectivity index (χ4v) is 2.83. The molecular weight excluding hydrogens is 378 g/mol. The van der Waals surface area contributed by atoms with Crippen LogP contribution in [0.15, 0.2) is 65.8 Å². The molecular formula is C21H18ClN3O3. The summed E-state index contributed by atoms with van der Waals surface area (Å²) in [5.74, 6) is -1.01. The Morgan fingerprint density at radius 3 is 2.39 bits per heavy atom. The van der Waals surface area contributed by atoms with E-state index in [0.29, 0.717) is 16.4 Å². The number of anilines is 1. The first-order valence-electron chi connectivity index (χ1n) is 8.53. The van der Waals surface area contributed by atoms with Gasteiger partial charge < -0.3 is 10.4 Å². The number of nitrogens with zero attached hydrogens (tertiary/aromatic N) is 1. The molecule has 7 heteroatoms. The van der Waals surface area contributed by atoms with Crippen LogP contribution in [0.5, 0.6) is 5.75 Å². The zero-order valence-electron chi connectivity index (χ0n) is 15.1. The molecule has 0 unspecified atom stereocenters. The van der Waals surface area contributed by atoms with Crippen LogP contribution in [-0.4, -0.2) is 22.6 Å². The number of hydrogen-bond donors (Lipinski definition) is 3. The predicted molar refractivity (Wildman–Crippen MR) is 111 cm³/mol. The molecule has 0 atom stereocenters. The van der Waals surface area contributed by atoms with Crippen molar-refractivity contribution in [1.82, 2.24) is 5.43 Å². The number of carbonyl (C=O) groups excluding carboxylic acids is 2. The molecule has 0 spiro atoms. The summed E-state index contributed by atoms with van der Waals surface area (Å²) in [6.07, 6.45) is -0.0186. The summed E-state index contributed by atoms with van der Waals surface area (Å²) in [4.78, 5) is 24.4. The zero-order chi connectivity index (χ0) is 20.1. The van der Waals surface area contributed by atoms with E-state index in [4.69, 9.17) is 11.6 Å². The average Bonchev–Trinajstić information content (AvgIpc) is 2.67. The fraction of sp³-hybridized carbons (Fsp3) is 0.0952. The van der Waals surface area contributed by atoms with Crippen LogP contribution in [0.2, 0.25) is 5.02 Å². The minimum atomic E-state index is -0.561. The number of amides is 2. The topological polar surface area (TPSA) is 90.8 Å². The highest BCUT2D eigenvalue weighted by atomic mass is 35.5. The predicted octanol–water partition coefficient (Wildman–Crippen LogP) is 4.33. The van der Waals surface area contributed by atoms with E-state index in [1.165, 1.54) is 6.07 Å². The first-order valence-corrected chi connectivity index (χ1v) is 8.91. The van der Waals surface area contributed by atoms with Crippen molar-refractivity contribution in [2.45, 2.75) is 13.3 Å². The van der Waals surface area contributed by atoms with Crippen molar-refractivity contribution in [2.75, 3.05) is 5.32 Å². The first-order chi connectivity index (χ1) is 13.4. The van der Waals surface area contributed by atoms with Crippen LogP contribution in [-0.2, 0) is 4.79 Å². The molecule has 0 fully saturated rings. The first kappa shape index (κ1) is 19.4. The number of nitrogens with one attached hydrogen (secondary N) is 2. The van der Waals surface area contributed by atoms with Crippen molar-refractivity contribution < 1.29 is 14.7 Å². The van der Waals surface area contributed by atoms with Crippen LogP contribution < -0.4 is 10.7 Å². The van der Waals surface area contributed by atoms with Gasteiger partial charge in [-0.3, -0.25) is 9.59 Å². The Balaban J connectivity index is 1.64. The smallest absolute Gasteiger partial charge is 0.275 e. The second-order valence-electron chi connectivity index (χ2n) is 6.21. The summed E-state index contributed by atoms with van der Waals surface area (Å²) in [6.45, 7) is 1.62. The number of halogens is 1. The van der Waals surface area contributed by atoms with Crippen LogP contribution in [0.3, 0.4) is 0 Å². The number of benzene rings is 3. The minimum Gasteiger partial charge on any atom is -0.507 e. The zero-order valence-corrected chi connectivity index (χ0v) is 15.8. The number of hydrogen-bond acceptors (Lipinski definition) is 4. The molecule has 3 rings (SSSR count). The quantitative estimate of drug-likeness (QED) is 0.443. The Hall–Kier alpha value is -3.38. The molecule has 0 radical (unpaired) electrons. The molecule has 3 aromatic rings. The lowest BCUT2D eigenvalue weighted by molar-refractivity contribution is -0.115. The summed E-state index contributed by atoms with van der Waals surface area (Å²) in [7, 11) is 0. The van der Waals surface area contributed by atoms with Gasteiger partial charge in [0.2, 0.25) is 5.91 Å². The molecule has 3 N–H and O–H groups in total. The summed E-state index contributed by atoms with van der Waals surface area (Å²) in [5.41, 5.74) is 3.38. The molecule has 2 amide bonds. The largest absolute Gasteiger partial charge is 0.507 e. The van der Waals surface area contributed by atoms with Gasteiger partial charge in [-0.25, -0.2) is 5.43 Å². The molecule has 142 valence electrons. The second-order valence-corrected chi connectivity index (χ2v) is 6.62. The molecule has 0 aromatic heterocycles. The van der Waals surface area contributed by atoms with Crippen LogP contribution in [0.4, 0.5) is 5.69 Å². The van der Waals surface area contributed by atoms with E-state index in [1.54, 1.807) is 37.3 Å². The van der Waals surface area contributed by atoms with Crippen molar-refractivity contribution in [3.8, 4) is 5.75 Å². The standard InChI is InChI=1S/C21H18ClN3O3/c1-13(10-20(27)23-18-9-5-4-8-17(18)22)24-25-21(28)16-11-14-6-2-3-7-15(14)12-19(16)26/h2-9,11-12,26H,10H2,1H3,(H,23,27)(H,25,28)/b24-13+. The normalized spacial score (nSPS) is 11.3. The van der Waals surface area contributed by atoms with Crippen LogP contribution in [0, 0.1) is 0 Å². The van der Waals surface area contributed by atoms with E-state index < -0.39 is 5.91 Å². The lowest BCUT2D eigenvalue weighted by Gasteiger charge is -2.08. The Bertz CT molecular complexity index is 1080. The Kier molecular flexibility index (Phi) is 5.91. The number of fused-ring (bicyclic) bond motifs is 1. The van der Waals surface area contributed by atoms with E-state index in [-0.39, 0.29) is 23.6 Å². The van der Waals surface area contributed by atoms with Crippen LogP contribution >= 0.6 is 11.6 Å². The number of para-hydroxylation sites is 1. The van der Waals surface area contributed by atoms with Crippen molar-refractivity contribution in [3.05, 3.63) is 71.2 Å². The number of hydrazone groups is 1. The highest BCUT2D eigenvalue weighted by Gasteiger charge is 2.13. The summed E-state index contributed by atoms with van der Waals surface area (Å²) < 4.78 is 0. The Labute approximate surface area is 166 Å². The van der Waals surface area contributed by atoms with Crippen molar-refractivity contribution in [3.63, 3.8) is 0 Å². The molecule has 28 heavy (non-hydrogen) atoms. The second kappa shape index (κ2) is 8.54. The maximum absolute atomic E-state index is 12.3. The highest BCUT2D eigenvalue weighted by Crippen LogP contribution is 2.25. The van der Waals surface area contributed by atoms with Gasteiger partial charge in [-0.05, 0) is 42.0 Å². The van der Waals surface area contributed by atoms with E-state index in [0.717, 1.165) is 10.8 Å². The van der Waals surface area contributed by atoms with E-state index in [1.807, 2.05) is 24.3 Å². The summed E-state index contributed by atoms with van der Waals surface area (Å²) in [6, 6.07) is 17.4. The Morgan fingerprint density at radius 2 is 1.68 bits per heavy atom. The van der Waals surface area contributed by atoms with E-state index in [9.17, 15) is 14.7 Å². The molecule has 0 saturated carbocycles. The number of phenols is 1. The van der Waals surface area contributed by atoms with E-state index in [2.05, 4.69) is 15.8 Å². The Morgan fingerprint density at radius 1 is 1.04 bits per heavy atom. The van der Waals surface area contributed by atoms with Gasteiger partial charge in [-0.2, -0.15) is 5.10 Å². The maximum Gasteiger partial charge on any atom is 0.275 e. The highest BCUT2D eigenvalue weighted by molar-refractivity contribution is 6.33. The summed E-state index contributed by atoms with van der Waals surface area (Å²) >= 11 is 6.01. The van der Waals surface area contributed by atoms with Crippen LogP contribution in [0.25, 0.3) is 10.8 Å². The van der Waals surface area contributed by atoms with Gasteiger partial charge in [0.05, 0.1) is 22.7 Å². The molecule has 6 nitrogen and oxygen atoms in total. The number of carbonyl (C=O) groups is 2. The van der Waals surface area contributed by atoms with Gasteiger partial charge >= 0.3 is 0 Å². The fourth-order valence-electron chi connectivity index (χ4n) is 2.65. The van der Waals surface area contributed by atoms with Gasteiger partial charge in [0.25, 0.3) is 5.91 Å². The lowest BCUT2D eigenvalue weighted by Crippen LogP contribution is -2.21. The monoisotopic (exact) mass is 395 g/mol. The minimum absolute atomic E-state index is 0.0186. The van der Waals surface area contributed by atoms with Gasteiger partial charge in [-0.1, -0.05) is 48.0 Å². The average molecular weight is 396 g/mol. The third kappa shape index (κ3) is 4.66. The van der Waals surface area contributed by atoms with Crippen molar-refractivity contribution in [2.24, 2.45) is 5.10 Å². The van der Waals surface area contributed by atoms with Gasteiger partial charge in [0.1, 0.15) is 5.75 Å². The SMILES string of the molecule is C/C(CC(=O)Nc1ccccc1Cl)=N\NC(=O)c1cc2ccccc2cc1O. The number of rotatable bonds is 5. The van der Waals surface area contributed by atoms with Crippen LogP contribution in [0.1, 0.15) is 23.7 Å². The van der Waals surface area contributed by atoms with Gasteiger partial charge in [-0.15, -0.1) is 0 Å². The van der Waals surface area contributed by atoms with Gasteiger partial charge in [0.15, 0.2) is 0 Å². The van der Waals surface area contributed by atoms with E-state index >= 15 is 0 Å². The number of aromatic hydroxyl groups is 1. The number of phenolic OH excluding ortho intramolecular Hbond substituents is 1. The third-order valence-electron chi connectivity index (χ3n) is 4.02. The molecule has 0 heterocycles.